The Kier molecular flexibility index (Phi) is 8.68. The average molecular weight is 538 g/mol. The molecule has 3 aromatic rings. The maximum atomic E-state index is 13.4. The van der Waals surface area contributed by atoms with Crippen LogP contribution in [0.5, 0.6) is 0 Å². The van der Waals surface area contributed by atoms with Gasteiger partial charge in [-0.3, -0.25) is 14.9 Å². The molecule has 11 heteroatoms. The number of nitrogens with one attached hydrogen (secondary N) is 3. The highest BCUT2D eigenvalue weighted by Crippen LogP contribution is 2.31. The normalized spacial score (nSPS) is 12.0. The van der Waals surface area contributed by atoms with E-state index < -0.39 is 26.7 Å². The molecule has 3 rings (SSSR count). The number of thiocarbonyl (C=S) groups is 1. The van der Waals surface area contributed by atoms with Gasteiger partial charge >= 0.3 is 0 Å². The summed E-state index contributed by atoms with van der Waals surface area (Å²) in [5.41, 5.74) is 1.94. The second-order valence-electron chi connectivity index (χ2n) is 7.14. The maximum absolute atomic E-state index is 13.4. The summed E-state index contributed by atoms with van der Waals surface area (Å²) in [6.45, 7) is 0. The minimum Gasteiger partial charge on any atom is -0.339 e. The third-order valence-corrected chi connectivity index (χ3v) is 5.63. The molecular formula is C23H19Cl3N4O3S. The van der Waals surface area contributed by atoms with Gasteiger partial charge in [0.15, 0.2) is 5.11 Å². The van der Waals surface area contributed by atoms with Gasteiger partial charge in [-0.15, -0.1) is 0 Å². The van der Waals surface area contributed by atoms with Gasteiger partial charge in [0.1, 0.15) is 6.17 Å². The van der Waals surface area contributed by atoms with Gasteiger partial charge in [-0.05, 0) is 35.5 Å². The van der Waals surface area contributed by atoms with Crippen LogP contribution in [-0.4, -0.2) is 25.9 Å². The second kappa shape index (κ2) is 11.5. The first-order valence-corrected chi connectivity index (χ1v) is 11.5. The van der Waals surface area contributed by atoms with Gasteiger partial charge in [-0.2, -0.15) is 0 Å². The minimum absolute atomic E-state index is 0.0430. The molecule has 0 aromatic heterocycles. The SMILES string of the molecule is O=C(N[C@@H](NC(=S)Nc1ccc([N+](=O)[O-])cc1)C(Cl)(Cl)Cl)C(c1ccccc1)c1ccccc1. The number of nitrogens with zero attached hydrogens (tertiary/aromatic N) is 1. The molecule has 34 heavy (non-hydrogen) atoms. The third-order valence-electron chi connectivity index (χ3n) is 4.75. The lowest BCUT2D eigenvalue weighted by atomic mass is 9.90. The zero-order chi connectivity index (χ0) is 24.7. The van der Waals surface area contributed by atoms with E-state index in [4.69, 9.17) is 47.0 Å². The first-order chi connectivity index (χ1) is 16.1. The predicted molar refractivity (Wildman–Crippen MR) is 139 cm³/mol. The Bertz CT molecular complexity index is 1100. The van der Waals surface area contributed by atoms with Gasteiger partial charge in [-0.1, -0.05) is 95.5 Å². The molecule has 0 saturated heterocycles. The van der Waals surface area contributed by atoms with Crippen molar-refractivity contribution in [3.05, 3.63) is 106 Å². The van der Waals surface area contributed by atoms with Crippen molar-refractivity contribution in [3.63, 3.8) is 0 Å². The fourth-order valence-electron chi connectivity index (χ4n) is 3.18. The molecule has 0 radical (unpaired) electrons. The Hall–Kier alpha value is -2.91. The Morgan fingerprint density at radius 1 is 0.853 bits per heavy atom. The lowest BCUT2D eigenvalue weighted by Crippen LogP contribution is -2.57. The molecule has 0 aliphatic heterocycles. The van der Waals surface area contributed by atoms with E-state index in [1.165, 1.54) is 24.3 Å². The monoisotopic (exact) mass is 536 g/mol. The molecule has 0 aliphatic rings. The quantitative estimate of drug-likeness (QED) is 0.121. The van der Waals surface area contributed by atoms with Gasteiger partial charge < -0.3 is 16.0 Å². The number of carbonyl (C=O) groups excluding carboxylic acids is 1. The number of benzene rings is 3. The largest absolute Gasteiger partial charge is 0.339 e. The summed E-state index contributed by atoms with van der Waals surface area (Å²) in [6, 6.07) is 24.1. The first-order valence-electron chi connectivity index (χ1n) is 9.94. The number of halogens is 3. The van der Waals surface area contributed by atoms with Gasteiger partial charge in [0.25, 0.3) is 5.69 Å². The molecule has 1 amide bonds. The summed E-state index contributed by atoms with van der Waals surface area (Å²) in [5.74, 6) is -1.06. The summed E-state index contributed by atoms with van der Waals surface area (Å²) in [6.07, 6.45) is -1.18. The Morgan fingerprint density at radius 2 is 1.35 bits per heavy atom. The number of amides is 1. The predicted octanol–water partition coefficient (Wildman–Crippen LogP) is 5.53. The van der Waals surface area contributed by atoms with Crippen LogP contribution in [0.25, 0.3) is 0 Å². The van der Waals surface area contributed by atoms with Crippen LogP contribution >= 0.6 is 47.0 Å². The summed E-state index contributed by atoms with van der Waals surface area (Å²) in [7, 11) is 0. The van der Waals surface area contributed by atoms with E-state index in [0.717, 1.165) is 11.1 Å². The number of nitro benzene ring substituents is 1. The highest BCUT2D eigenvalue weighted by atomic mass is 35.6. The number of alkyl halides is 3. The molecule has 0 aliphatic carbocycles. The van der Waals surface area contributed by atoms with Crippen LogP contribution in [-0.2, 0) is 4.79 Å². The molecule has 0 unspecified atom stereocenters. The molecule has 3 N–H and O–H groups in total. The van der Waals surface area contributed by atoms with E-state index in [9.17, 15) is 14.9 Å². The molecule has 3 aromatic carbocycles. The van der Waals surface area contributed by atoms with Crippen LogP contribution in [0.4, 0.5) is 11.4 Å². The Balaban J connectivity index is 1.77. The average Bonchev–Trinajstić information content (AvgIpc) is 2.80. The van der Waals surface area contributed by atoms with Crippen LogP contribution in [0.15, 0.2) is 84.9 Å². The number of hydrogen-bond acceptors (Lipinski definition) is 4. The molecule has 0 spiro atoms. The van der Waals surface area contributed by atoms with E-state index in [2.05, 4.69) is 16.0 Å². The van der Waals surface area contributed by atoms with Gasteiger partial charge in [0, 0.05) is 17.8 Å². The standard InChI is InChI=1S/C23H19Cl3N4O3S/c24-23(25,26)21(29-22(34)27-17-11-13-18(14-12-17)30(32)33)28-20(31)19(15-7-3-1-4-8-15)16-9-5-2-6-10-16/h1-14,19,21H,(H,28,31)(H2,27,29,34)/t21-/m0/s1. The summed E-state index contributed by atoms with van der Waals surface area (Å²) in [5, 5.41) is 19.2. The zero-order valence-corrected chi connectivity index (χ0v) is 20.5. The highest BCUT2D eigenvalue weighted by Gasteiger charge is 2.36. The van der Waals surface area contributed by atoms with E-state index in [1.807, 2.05) is 60.7 Å². The van der Waals surface area contributed by atoms with Gasteiger partial charge in [0.2, 0.25) is 9.70 Å². The second-order valence-corrected chi connectivity index (χ2v) is 9.92. The lowest BCUT2D eigenvalue weighted by Gasteiger charge is -2.29. The number of non-ortho nitro benzene ring substituents is 1. The zero-order valence-electron chi connectivity index (χ0n) is 17.5. The van der Waals surface area contributed by atoms with Crippen LogP contribution in [0.1, 0.15) is 17.0 Å². The number of anilines is 1. The molecule has 0 heterocycles. The minimum atomic E-state index is -1.95. The van der Waals surface area contributed by atoms with E-state index in [-0.39, 0.29) is 10.8 Å². The topological polar surface area (TPSA) is 96.3 Å². The number of nitro groups is 1. The van der Waals surface area contributed by atoms with E-state index >= 15 is 0 Å². The van der Waals surface area contributed by atoms with Crippen molar-refractivity contribution in [2.45, 2.75) is 15.9 Å². The van der Waals surface area contributed by atoms with Crippen LogP contribution < -0.4 is 16.0 Å². The molecular weight excluding hydrogens is 519 g/mol. The van der Waals surface area contributed by atoms with Crippen molar-refractivity contribution < 1.29 is 9.72 Å². The smallest absolute Gasteiger partial charge is 0.269 e. The molecule has 0 bridgehead atoms. The van der Waals surface area contributed by atoms with E-state index in [1.54, 1.807) is 0 Å². The number of carbonyl (C=O) groups is 1. The lowest BCUT2D eigenvalue weighted by molar-refractivity contribution is -0.384. The van der Waals surface area contributed by atoms with Crippen molar-refractivity contribution in [2.75, 3.05) is 5.32 Å². The molecule has 0 saturated carbocycles. The molecule has 7 nitrogen and oxygen atoms in total. The fraction of sp³-hybridized carbons (Fsp3) is 0.130. The summed E-state index contributed by atoms with van der Waals surface area (Å²) < 4.78 is -1.95. The van der Waals surface area contributed by atoms with Crippen molar-refractivity contribution in [1.82, 2.24) is 10.6 Å². The van der Waals surface area contributed by atoms with Crippen LogP contribution in [0, 0.1) is 10.1 Å². The van der Waals surface area contributed by atoms with Crippen molar-refractivity contribution >= 4 is 69.4 Å². The third kappa shape index (κ3) is 7.04. The van der Waals surface area contributed by atoms with Gasteiger partial charge in [0.05, 0.1) is 10.8 Å². The van der Waals surface area contributed by atoms with Crippen molar-refractivity contribution in [1.29, 1.82) is 0 Å². The maximum Gasteiger partial charge on any atom is 0.269 e. The van der Waals surface area contributed by atoms with E-state index in [0.29, 0.717) is 5.69 Å². The fourth-order valence-corrected chi connectivity index (χ4v) is 3.74. The Morgan fingerprint density at radius 3 is 1.79 bits per heavy atom. The summed E-state index contributed by atoms with van der Waals surface area (Å²) in [4.78, 5) is 23.7. The van der Waals surface area contributed by atoms with Crippen LogP contribution in [0.3, 0.4) is 0 Å². The molecule has 176 valence electrons. The highest BCUT2D eigenvalue weighted by molar-refractivity contribution is 7.80. The molecule has 0 fully saturated rings. The molecule has 1 atom stereocenters. The van der Waals surface area contributed by atoms with Gasteiger partial charge in [-0.25, -0.2) is 0 Å². The number of rotatable bonds is 7. The first kappa shape index (κ1) is 25.7. The van der Waals surface area contributed by atoms with Crippen LogP contribution in [0.2, 0.25) is 0 Å². The summed E-state index contributed by atoms with van der Waals surface area (Å²) >= 11 is 23.7. The Labute approximate surface area is 216 Å². The van der Waals surface area contributed by atoms with Crippen molar-refractivity contribution in [3.8, 4) is 0 Å². The van der Waals surface area contributed by atoms with Crippen molar-refractivity contribution in [2.24, 2.45) is 0 Å². The number of hydrogen-bond donors (Lipinski definition) is 3.